The van der Waals surface area contributed by atoms with Gasteiger partial charge in [-0.1, -0.05) is 18.2 Å². The van der Waals surface area contributed by atoms with Crippen LogP contribution in [0.2, 0.25) is 0 Å². The van der Waals surface area contributed by atoms with E-state index >= 15 is 0 Å². The second-order valence-corrected chi connectivity index (χ2v) is 7.76. The van der Waals surface area contributed by atoms with Gasteiger partial charge in [0, 0.05) is 4.88 Å². The Morgan fingerprint density at radius 1 is 1.14 bits per heavy atom. The molecule has 0 N–H and O–H groups in total. The predicted octanol–water partition coefficient (Wildman–Crippen LogP) is 4.99. The highest BCUT2D eigenvalue weighted by molar-refractivity contribution is 8.18. The van der Waals surface area contributed by atoms with Gasteiger partial charge < -0.3 is 4.42 Å². The molecule has 1 aromatic carbocycles. The lowest BCUT2D eigenvalue weighted by Crippen LogP contribution is -2.28. The number of thiophene rings is 1. The third kappa shape index (κ3) is 4.29. The van der Waals surface area contributed by atoms with Crippen molar-refractivity contribution in [3.63, 3.8) is 0 Å². The Morgan fingerprint density at radius 3 is 2.71 bits per heavy atom. The first-order valence-corrected chi connectivity index (χ1v) is 10.0. The number of amides is 1. The molecule has 1 fully saturated rings. The molecular formula is C20H14FN3O2S2. The van der Waals surface area contributed by atoms with Crippen LogP contribution in [0.3, 0.4) is 0 Å². The highest BCUT2D eigenvalue weighted by atomic mass is 32.2. The molecule has 0 bridgehead atoms. The van der Waals surface area contributed by atoms with Crippen LogP contribution in [0.25, 0.3) is 6.08 Å². The van der Waals surface area contributed by atoms with E-state index in [4.69, 9.17) is 4.42 Å². The molecule has 4 rings (SSSR count). The quantitative estimate of drug-likeness (QED) is 0.338. The summed E-state index contributed by atoms with van der Waals surface area (Å²) in [7, 11) is 0. The fraction of sp³-hybridized carbons (Fsp3) is 0.0500. The Kier molecular flexibility index (Phi) is 5.50. The molecule has 0 spiro atoms. The lowest BCUT2D eigenvalue weighted by molar-refractivity contribution is -0.122. The van der Waals surface area contributed by atoms with Gasteiger partial charge in [0.25, 0.3) is 5.91 Å². The monoisotopic (exact) mass is 411 g/mol. The summed E-state index contributed by atoms with van der Waals surface area (Å²) < 4.78 is 18.4. The molecule has 5 nitrogen and oxygen atoms in total. The van der Waals surface area contributed by atoms with Gasteiger partial charge in [0.2, 0.25) is 0 Å². The number of thioether (sulfide) groups is 1. The molecular weight excluding hydrogens is 397 g/mol. The highest BCUT2D eigenvalue weighted by Gasteiger charge is 2.34. The maximum atomic E-state index is 13.0. The summed E-state index contributed by atoms with van der Waals surface area (Å²) in [6.07, 6.45) is 4.93. The summed E-state index contributed by atoms with van der Waals surface area (Å²) in [5.41, 5.74) is 0.715. The van der Waals surface area contributed by atoms with Crippen molar-refractivity contribution in [3.05, 3.63) is 87.1 Å². The molecule has 3 heterocycles. The van der Waals surface area contributed by atoms with E-state index in [2.05, 4.69) is 10.2 Å². The standard InChI is InChI=1S/C20H14FN3O2S2/c21-15-7-5-14(6-8-15)12-22-23-20-24(13-16-3-1-9-26-16)19(25)18(28-20)11-17-4-2-10-27-17/h1-12H,13H2/b18-11-,22-12+,23-20-. The molecule has 28 heavy (non-hydrogen) atoms. The number of halogens is 1. The van der Waals surface area contributed by atoms with Crippen LogP contribution in [0.15, 0.2) is 79.7 Å². The summed E-state index contributed by atoms with van der Waals surface area (Å²) in [5.74, 6) is 0.195. The van der Waals surface area contributed by atoms with E-state index < -0.39 is 0 Å². The molecule has 0 radical (unpaired) electrons. The first-order valence-electron chi connectivity index (χ1n) is 8.33. The third-order valence-corrected chi connectivity index (χ3v) is 5.64. The largest absolute Gasteiger partial charge is 0.467 e. The summed E-state index contributed by atoms with van der Waals surface area (Å²) in [4.78, 5) is 16.0. The Bertz CT molecular complexity index is 1040. The summed E-state index contributed by atoms with van der Waals surface area (Å²) in [6.45, 7) is 0.269. The molecule has 1 aliphatic heterocycles. The van der Waals surface area contributed by atoms with E-state index in [0.29, 0.717) is 21.4 Å². The third-order valence-electron chi connectivity index (χ3n) is 3.82. The second kappa shape index (κ2) is 8.37. The number of hydrogen-bond donors (Lipinski definition) is 0. The molecule has 0 atom stereocenters. The van der Waals surface area contributed by atoms with Crippen LogP contribution in [0, 0.1) is 5.82 Å². The van der Waals surface area contributed by atoms with Crippen LogP contribution >= 0.6 is 23.1 Å². The molecule has 3 aromatic rings. The lowest BCUT2D eigenvalue weighted by Gasteiger charge is -2.12. The molecule has 0 unspecified atom stereocenters. The van der Waals surface area contributed by atoms with Crippen molar-refractivity contribution in [2.75, 3.05) is 0 Å². The van der Waals surface area contributed by atoms with E-state index in [1.54, 1.807) is 41.9 Å². The van der Waals surface area contributed by atoms with Crippen LogP contribution in [-0.4, -0.2) is 22.2 Å². The van der Waals surface area contributed by atoms with Crippen LogP contribution in [0.5, 0.6) is 0 Å². The minimum atomic E-state index is -0.312. The topological polar surface area (TPSA) is 58.2 Å². The number of furan rings is 1. The zero-order chi connectivity index (χ0) is 19.3. The van der Waals surface area contributed by atoms with Crippen molar-refractivity contribution in [2.45, 2.75) is 6.54 Å². The van der Waals surface area contributed by atoms with Crippen molar-refractivity contribution in [1.29, 1.82) is 0 Å². The van der Waals surface area contributed by atoms with Crippen LogP contribution < -0.4 is 0 Å². The molecule has 0 aliphatic carbocycles. The van der Waals surface area contributed by atoms with Crippen LogP contribution in [0.1, 0.15) is 16.2 Å². The maximum absolute atomic E-state index is 13.0. The number of hydrogen-bond acceptors (Lipinski definition) is 6. The maximum Gasteiger partial charge on any atom is 0.267 e. The van der Waals surface area contributed by atoms with Gasteiger partial charge in [-0.3, -0.25) is 9.69 Å². The SMILES string of the molecule is O=C1/C(=C/c2cccs2)S/C(=N\N=C\c2ccc(F)cc2)N1Cc1ccco1. The number of benzene rings is 1. The van der Waals surface area contributed by atoms with Gasteiger partial charge in [0.1, 0.15) is 11.6 Å². The average molecular weight is 411 g/mol. The molecule has 1 aliphatic rings. The number of carbonyl (C=O) groups is 1. The Labute approximate surface area is 168 Å². The van der Waals surface area contributed by atoms with Gasteiger partial charge in [0.15, 0.2) is 5.17 Å². The van der Waals surface area contributed by atoms with Crippen molar-refractivity contribution in [3.8, 4) is 0 Å². The van der Waals surface area contributed by atoms with Crippen LogP contribution in [0.4, 0.5) is 4.39 Å². The fourth-order valence-electron chi connectivity index (χ4n) is 2.48. The fourth-order valence-corrected chi connectivity index (χ4v) is 4.13. The van der Waals surface area contributed by atoms with Gasteiger partial charge in [-0.05, 0) is 59.1 Å². The molecule has 140 valence electrons. The Morgan fingerprint density at radius 2 is 2.00 bits per heavy atom. The summed E-state index contributed by atoms with van der Waals surface area (Å²) >= 11 is 2.82. The van der Waals surface area contributed by atoms with Gasteiger partial charge in [0.05, 0.1) is 23.9 Å². The zero-order valence-corrected chi connectivity index (χ0v) is 16.1. The van der Waals surface area contributed by atoms with Gasteiger partial charge in [-0.25, -0.2) is 4.39 Å². The zero-order valence-electron chi connectivity index (χ0n) is 14.5. The number of amidine groups is 1. The number of carbonyl (C=O) groups excluding carboxylic acids is 1. The Balaban J connectivity index is 1.60. The van der Waals surface area contributed by atoms with Crippen molar-refractivity contribution in [1.82, 2.24) is 4.90 Å². The van der Waals surface area contributed by atoms with Crippen molar-refractivity contribution >= 4 is 46.5 Å². The number of rotatable bonds is 5. The lowest BCUT2D eigenvalue weighted by atomic mass is 10.2. The van der Waals surface area contributed by atoms with Gasteiger partial charge in [-0.2, -0.15) is 5.10 Å². The normalized spacial score (nSPS) is 17.5. The van der Waals surface area contributed by atoms with Gasteiger partial charge in [-0.15, -0.1) is 16.4 Å². The van der Waals surface area contributed by atoms with E-state index in [1.807, 2.05) is 23.6 Å². The summed E-state index contributed by atoms with van der Waals surface area (Å²) in [6, 6.07) is 13.4. The smallest absolute Gasteiger partial charge is 0.267 e. The average Bonchev–Trinajstić information content (AvgIpc) is 3.44. The molecule has 2 aromatic heterocycles. The van der Waals surface area contributed by atoms with Crippen molar-refractivity contribution < 1.29 is 13.6 Å². The van der Waals surface area contributed by atoms with E-state index in [1.165, 1.54) is 35.0 Å². The second-order valence-electron chi connectivity index (χ2n) is 5.78. The minimum absolute atomic E-state index is 0.148. The summed E-state index contributed by atoms with van der Waals surface area (Å²) in [5, 5.41) is 10.7. The molecule has 8 heteroatoms. The predicted molar refractivity (Wildman–Crippen MR) is 111 cm³/mol. The molecule has 1 saturated heterocycles. The highest BCUT2D eigenvalue weighted by Crippen LogP contribution is 2.34. The minimum Gasteiger partial charge on any atom is -0.467 e. The first kappa shape index (κ1) is 18.4. The van der Waals surface area contributed by atoms with E-state index in [-0.39, 0.29) is 18.3 Å². The van der Waals surface area contributed by atoms with Crippen LogP contribution in [-0.2, 0) is 11.3 Å². The molecule has 1 amide bonds. The first-order chi connectivity index (χ1) is 13.7. The molecule has 0 saturated carbocycles. The van der Waals surface area contributed by atoms with Gasteiger partial charge >= 0.3 is 0 Å². The Hall–Kier alpha value is -2.97. The van der Waals surface area contributed by atoms with E-state index in [0.717, 1.165) is 4.88 Å². The van der Waals surface area contributed by atoms with E-state index in [9.17, 15) is 9.18 Å². The number of nitrogens with zero attached hydrogens (tertiary/aromatic N) is 3. The van der Waals surface area contributed by atoms with Crippen molar-refractivity contribution in [2.24, 2.45) is 10.2 Å².